The van der Waals surface area contributed by atoms with E-state index in [4.69, 9.17) is 32.9 Å². The number of nitriles is 1. The molecule has 1 N–H and O–H groups in total. The van der Waals surface area contributed by atoms with Crippen LogP contribution in [0, 0.1) is 35.9 Å². The number of likely N-dealkylation sites (tertiary alicyclic amines) is 1. The first kappa shape index (κ1) is 32.3. The predicted octanol–water partition coefficient (Wildman–Crippen LogP) is 8.33. The molecule has 3 aliphatic heterocycles. The lowest BCUT2D eigenvalue weighted by molar-refractivity contribution is -0.134. The highest BCUT2D eigenvalue weighted by Crippen LogP contribution is 2.51. The fraction of sp³-hybridized carbons (Fsp3) is 0.421. The van der Waals surface area contributed by atoms with Crippen LogP contribution in [-0.2, 0) is 22.6 Å². The number of rotatable bonds is 9. The predicted molar refractivity (Wildman–Crippen MR) is 193 cm³/mol. The zero-order valence-electron chi connectivity index (χ0n) is 27.5. The summed E-state index contributed by atoms with van der Waals surface area (Å²) in [5.41, 5.74) is 5.33. The number of nitrogens with one attached hydrogen (secondary N) is 1. The van der Waals surface area contributed by atoms with Crippen LogP contribution in [0.4, 0.5) is 4.39 Å². The molecular formula is C38H35Cl2FN6O2S. The van der Waals surface area contributed by atoms with Crippen molar-refractivity contribution in [1.82, 2.24) is 24.1 Å². The Kier molecular flexibility index (Phi) is 8.13. The zero-order valence-corrected chi connectivity index (χ0v) is 29.8. The van der Waals surface area contributed by atoms with Crippen molar-refractivity contribution in [3.05, 3.63) is 80.3 Å². The van der Waals surface area contributed by atoms with Crippen molar-refractivity contribution in [2.75, 3.05) is 13.1 Å². The molecular weight excluding hydrogens is 694 g/mol. The summed E-state index contributed by atoms with van der Waals surface area (Å²) in [6.45, 7) is 3.78. The summed E-state index contributed by atoms with van der Waals surface area (Å²) in [4.78, 5) is 20.9. The Morgan fingerprint density at radius 3 is 2.78 bits per heavy atom. The van der Waals surface area contributed by atoms with Crippen LogP contribution >= 0.6 is 34.7 Å². The lowest BCUT2D eigenvalue weighted by atomic mass is 9.79. The summed E-state index contributed by atoms with van der Waals surface area (Å²) >= 11 is 14.5. The van der Waals surface area contributed by atoms with Gasteiger partial charge in [0.2, 0.25) is 5.91 Å². The number of amides is 1. The van der Waals surface area contributed by atoms with Gasteiger partial charge in [-0.3, -0.25) is 4.79 Å². The highest BCUT2D eigenvalue weighted by Gasteiger charge is 2.51. The summed E-state index contributed by atoms with van der Waals surface area (Å²) in [6.07, 6.45) is 4.00. The number of hydrogen-bond acceptors (Lipinski definition) is 7. The van der Waals surface area contributed by atoms with Crippen LogP contribution in [0.15, 0.2) is 41.8 Å². The third-order valence-electron chi connectivity index (χ3n) is 11.2. The van der Waals surface area contributed by atoms with Gasteiger partial charge < -0.3 is 19.5 Å². The molecule has 10 rings (SSSR count). The molecule has 5 atom stereocenters. The van der Waals surface area contributed by atoms with Crippen LogP contribution in [-0.4, -0.2) is 50.0 Å². The van der Waals surface area contributed by atoms with Crippen LogP contribution in [0.3, 0.4) is 0 Å². The van der Waals surface area contributed by atoms with E-state index in [0.29, 0.717) is 64.7 Å². The number of carbonyl (C=O) groups excluding carboxylic acids is 1. The van der Waals surface area contributed by atoms with Crippen LogP contribution in [0.1, 0.15) is 66.8 Å². The van der Waals surface area contributed by atoms with Crippen LogP contribution < -0.4 is 5.32 Å². The van der Waals surface area contributed by atoms with Gasteiger partial charge in [0.15, 0.2) is 5.82 Å². The number of carbonyl (C=O) groups is 1. The summed E-state index contributed by atoms with van der Waals surface area (Å²) in [5, 5.41) is 17.5. The van der Waals surface area contributed by atoms with Gasteiger partial charge in [0, 0.05) is 76.6 Å². The van der Waals surface area contributed by atoms with Gasteiger partial charge in [-0.2, -0.15) is 9.64 Å². The number of pyridine rings is 1. The van der Waals surface area contributed by atoms with Crippen molar-refractivity contribution in [3.63, 3.8) is 0 Å². The van der Waals surface area contributed by atoms with E-state index in [-0.39, 0.29) is 53.0 Å². The first-order valence-electron chi connectivity index (χ1n) is 17.3. The summed E-state index contributed by atoms with van der Waals surface area (Å²) in [5.74, 6) is 0.201. The highest BCUT2D eigenvalue weighted by molar-refractivity contribution is 7.03. The first-order chi connectivity index (χ1) is 24.3. The van der Waals surface area contributed by atoms with E-state index in [0.717, 1.165) is 48.1 Å². The van der Waals surface area contributed by atoms with Gasteiger partial charge in [-0.05, 0) is 79.9 Å². The second-order valence-corrected chi connectivity index (χ2v) is 15.7. The lowest BCUT2D eigenvalue weighted by Gasteiger charge is -2.39. The quantitative estimate of drug-likeness (QED) is 0.164. The largest absolute Gasteiger partial charge is 0.370 e. The number of aryl methyl sites for hydroxylation is 2. The van der Waals surface area contributed by atoms with Crippen molar-refractivity contribution in [3.8, 4) is 17.2 Å². The molecule has 12 heteroatoms. The van der Waals surface area contributed by atoms with E-state index in [9.17, 15) is 10.1 Å². The van der Waals surface area contributed by atoms with Gasteiger partial charge in [0.25, 0.3) is 0 Å². The number of ether oxygens (including phenoxy) is 1. The minimum Gasteiger partial charge on any atom is -0.370 e. The lowest BCUT2D eigenvalue weighted by Crippen LogP contribution is -2.41. The van der Waals surface area contributed by atoms with Gasteiger partial charge in [-0.15, -0.1) is 0 Å². The molecule has 5 aliphatic rings. The summed E-state index contributed by atoms with van der Waals surface area (Å²) in [6, 6.07) is 13.9. The number of fused-ring (bicyclic) bond motifs is 4. The Balaban J connectivity index is 1.25. The maximum absolute atomic E-state index is 17.1. The molecule has 2 aliphatic carbocycles. The molecule has 3 aromatic heterocycles. The van der Waals surface area contributed by atoms with Crippen LogP contribution in [0.5, 0.6) is 0 Å². The fourth-order valence-corrected chi connectivity index (χ4v) is 9.54. The molecule has 0 unspecified atom stereocenters. The van der Waals surface area contributed by atoms with Crippen molar-refractivity contribution in [1.29, 1.82) is 5.26 Å². The molecule has 0 radical (unpaired) electrons. The molecule has 8 nitrogen and oxygen atoms in total. The van der Waals surface area contributed by atoms with Crippen molar-refractivity contribution in [2.45, 2.75) is 76.3 Å². The van der Waals surface area contributed by atoms with Gasteiger partial charge in [0.1, 0.15) is 5.52 Å². The third-order valence-corrected chi connectivity index (χ3v) is 12.6. The van der Waals surface area contributed by atoms with E-state index in [1.54, 1.807) is 18.2 Å². The summed E-state index contributed by atoms with van der Waals surface area (Å²) < 4.78 is 30.4. The molecule has 3 saturated heterocycles. The summed E-state index contributed by atoms with van der Waals surface area (Å²) in [7, 11) is 0. The normalized spacial score (nSPS) is 24.3. The van der Waals surface area contributed by atoms with Crippen LogP contribution in [0.2, 0.25) is 10.0 Å². The van der Waals surface area contributed by atoms with Gasteiger partial charge in [-0.25, -0.2) is 9.37 Å². The van der Waals surface area contributed by atoms with E-state index in [1.807, 2.05) is 29.3 Å². The Morgan fingerprint density at radius 1 is 1.20 bits per heavy atom. The fourth-order valence-electron chi connectivity index (χ4n) is 8.62. The highest BCUT2D eigenvalue weighted by atomic mass is 35.5. The molecule has 5 fully saturated rings. The number of hydrogen-bond donors (Lipinski definition) is 1. The molecule has 6 heterocycles. The molecule has 2 saturated carbocycles. The zero-order chi connectivity index (χ0) is 34.3. The topological polar surface area (TPSA) is 96.1 Å². The van der Waals surface area contributed by atoms with Gasteiger partial charge in [0.05, 0.1) is 52.1 Å². The first-order valence-corrected chi connectivity index (χ1v) is 18.9. The number of nitrogens with zero attached hydrogens (tertiary/aromatic N) is 5. The van der Waals surface area contributed by atoms with E-state index in [2.05, 4.69) is 26.4 Å². The second-order valence-electron chi connectivity index (χ2n) is 14.2. The van der Waals surface area contributed by atoms with Crippen molar-refractivity contribution < 1.29 is 13.9 Å². The standard InChI is InChI=1S/C38H35Cl2FN6O2S/c1-19-26-15-31(30-14-24(49-18-23-9-11-50-45-23)17-46(30)38(48)20-7-8-20)47(36-22-13-29(36)43-16-22)37(26)27-12-21(4-3-10-42)32(34(41)35(27)44-19)25-5-2-6-28(39)33(25)40/h2,5-6,9,11-12,15,20,22,24,29-30,36,43H,3-4,7-8,13-14,16-18H2,1H3/t22-,24+,29-,30-,36+/m1/s1. The average molecular weight is 730 g/mol. The Bertz CT molecular complexity index is 2200. The molecule has 1 amide bonds. The number of benzene rings is 2. The number of halogens is 3. The van der Waals surface area contributed by atoms with Gasteiger partial charge >= 0.3 is 0 Å². The maximum atomic E-state index is 17.1. The second kappa shape index (κ2) is 12.6. The van der Waals surface area contributed by atoms with Crippen LogP contribution in [0.25, 0.3) is 32.9 Å². The molecule has 2 bridgehead atoms. The monoisotopic (exact) mass is 728 g/mol. The molecule has 5 aromatic rings. The smallest absolute Gasteiger partial charge is 0.226 e. The minimum atomic E-state index is -0.476. The van der Waals surface area contributed by atoms with Crippen molar-refractivity contribution >= 4 is 62.4 Å². The number of aromatic nitrogens is 3. The third kappa shape index (κ3) is 5.24. The molecule has 256 valence electrons. The Morgan fingerprint density at radius 2 is 2.06 bits per heavy atom. The molecule has 0 spiro atoms. The van der Waals surface area contributed by atoms with E-state index < -0.39 is 5.82 Å². The SMILES string of the molecule is Cc1nc2c(F)c(-c3cccc(Cl)c3Cl)c(CCC#N)cc2c2c1cc([C@H]1C[C@H](OCc3ccsn3)CN1C(=O)C1CC1)n2[C@H]1[C@H]2CN[C@@H]1C2. The van der Waals surface area contributed by atoms with Crippen molar-refractivity contribution in [2.24, 2.45) is 11.8 Å². The van der Waals surface area contributed by atoms with Gasteiger partial charge in [-0.1, -0.05) is 35.3 Å². The van der Waals surface area contributed by atoms with E-state index >= 15 is 4.39 Å². The Labute approximate surface area is 303 Å². The average Bonchev–Trinajstić information content (AvgIpc) is 3.62. The maximum Gasteiger partial charge on any atom is 0.226 e. The molecule has 2 aromatic carbocycles. The molecule has 50 heavy (non-hydrogen) atoms. The Hall–Kier alpha value is -3.59. The van der Waals surface area contributed by atoms with E-state index in [1.165, 1.54) is 11.5 Å². The minimum absolute atomic E-state index is 0.0620.